The van der Waals surface area contributed by atoms with Gasteiger partial charge in [0, 0.05) is 11.6 Å². The number of hydrogen-bond donors (Lipinski definition) is 1. The van der Waals surface area contributed by atoms with E-state index in [2.05, 4.69) is 0 Å². The van der Waals surface area contributed by atoms with Crippen LogP contribution in [0, 0.1) is 6.92 Å². The first-order valence-corrected chi connectivity index (χ1v) is 6.80. The average molecular weight is 282 g/mol. The van der Waals surface area contributed by atoms with Crippen molar-refractivity contribution in [1.29, 1.82) is 0 Å². The first-order valence-electron chi connectivity index (χ1n) is 6.80. The van der Waals surface area contributed by atoms with Crippen LogP contribution in [0.1, 0.15) is 29.7 Å². The van der Waals surface area contributed by atoms with Crippen LogP contribution in [0.2, 0.25) is 0 Å². The van der Waals surface area contributed by atoms with Crippen LogP contribution in [0.3, 0.4) is 0 Å². The van der Waals surface area contributed by atoms with Crippen molar-refractivity contribution >= 4 is 12.0 Å². The summed E-state index contributed by atoms with van der Waals surface area (Å²) in [6.45, 7) is 3.93. The van der Waals surface area contributed by atoms with Crippen molar-refractivity contribution in [3.63, 3.8) is 0 Å². The van der Waals surface area contributed by atoms with Gasteiger partial charge in [-0.1, -0.05) is 48.5 Å². The van der Waals surface area contributed by atoms with Crippen molar-refractivity contribution in [3.8, 4) is 5.75 Å². The predicted molar refractivity (Wildman–Crippen MR) is 83.3 cm³/mol. The molecule has 0 saturated carbocycles. The zero-order valence-electron chi connectivity index (χ0n) is 12.1. The SMILES string of the molecule is Cc1cccc(/C=C/C(=O)O)c1OC(C)c1ccccc1. The molecule has 0 fully saturated rings. The molecule has 0 amide bonds. The van der Waals surface area contributed by atoms with Crippen LogP contribution in [-0.4, -0.2) is 11.1 Å². The minimum atomic E-state index is -0.974. The Labute approximate surface area is 124 Å². The first-order chi connectivity index (χ1) is 10.1. The number of rotatable bonds is 5. The predicted octanol–water partition coefficient (Wildman–Crippen LogP) is 4.23. The fraction of sp³-hybridized carbons (Fsp3) is 0.167. The van der Waals surface area contributed by atoms with Gasteiger partial charge in [-0.05, 0) is 31.1 Å². The maximum atomic E-state index is 10.7. The topological polar surface area (TPSA) is 46.5 Å². The third kappa shape index (κ3) is 3.96. The van der Waals surface area contributed by atoms with Crippen LogP contribution in [0.4, 0.5) is 0 Å². The highest BCUT2D eigenvalue weighted by molar-refractivity contribution is 5.86. The summed E-state index contributed by atoms with van der Waals surface area (Å²) >= 11 is 0. The maximum absolute atomic E-state index is 10.7. The number of carboxylic acids is 1. The fourth-order valence-corrected chi connectivity index (χ4v) is 2.10. The third-order valence-electron chi connectivity index (χ3n) is 3.21. The summed E-state index contributed by atoms with van der Waals surface area (Å²) in [6.07, 6.45) is 2.57. The standard InChI is InChI=1S/C18H18O3/c1-13-7-6-10-16(11-12-17(19)20)18(13)21-14(2)15-8-4-3-5-9-15/h3-12,14H,1-2H3,(H,19,20)/b12-11+. The van der Waals surface area contributed by atoms with E-state index in [0.29, 0.717) is 5.75 Å². The number of carbonyl (C=O) groups is 1. The summed E-state index contributed by atoms with van der Waals surface area (Å²) in [5.41, 5.74) is 2.82. The van der Waals surface area contributed by atoms with E-state index in [1.807, 2.05) is 62.4 Å². The Bertz CT molecular complexity index is 645. The lowest BCUT2D eigenvalue weighted by atomic mass is 10.1. The molecule has 0 aliphatic carbocycles. The van der Waals surface area contributed by atoms with Gasteiger partial charge in [-0.15, -0.1) is 0 Å². The molecule has 0 spiro atoms. The molecule has 1 atom stereocenters. The molecule has 1 N–H and O–H groups in total. The molecular formula is C18H18O3. The molecule has 0 aliphatic heterocycles. The highest BCUT2D eigenvalue weighted by Gasteiger charge is 2.11. The number of benzene rings is 2. The number of hydrogen-bond acceptors (Lipinski definition) is 2. The van der Waals surface area contributed by atoms with Crippen LogP contribution >= 0.6 is 0 Å². The molecule has 0 aliphatic rings. The number of carboxylic acid groups (broad SMARTS) is 1. The van der Waals surface area contributed by atoms with Crippen molar-refractivity contribution in [3.05, 3.63) is 71.3 Å². The lowest BCUT2D eigenvalue weighted by Gasteiger charge is -2.18. The second-order valence-electron chi connectivity index (χ2n) is 4.84. The van der Waals surface area contributed by atoms with Crippen LogP contribution in [0.25, 0.3) is 6.08 Å². The first kappa shape index (κ1) is 14.9. The lowest BCUT2D eigenvalue weighted by Crippen LogP contribution is -2.05. The Kier molecular flexibility index (Phi) is 4.77. The maximum Gasteiger partial charge on any atom is 0.328 e. The second kappa shape index (κ2) is 6.75. The van der Waals surface area contributed by atoms with Gasteiger partial charge in [-0.2, -0.15) is 0 Å². The molecule has 2 aromatic rings. The van der Waals surface area contributed by atoms with Gasteiger partial charge < -0.3 is 9.84 Å². The lowest BCUT2D eigenvalue weighted by molar-refractivity contribution is -0.131. The second-order valence-corrected chi connectivity index (χ2v) is 4.84. The molecule has 0 radical (unpaired) electrons. The summed E-state index contributed by atoms with van der Waals surface area (Å²) in [5.74, 6) is -0.259. The Morgan fingerprint density at radius 3 is 2.52 bits per heavy atom. The summed E-state index contributed by atoms with van der Waals surface area (Å²) in [7, 11) is 0. The molecule has 0 aromatic heterocycles. The van der Waals surface area contributed by atoms with Crippen LogP contribution in [0.15, 0.2) is 54.6 Å². The molecular weight excluding hydrogens is 264 g/mol. The average Bonchev–Trinajstić information content (AvgIpc) is 2.48. The fourth-order valence-electron chi connectivity index (χ4n) is 2.10. The minimum Gasteiger partial charge on any atom is -0.485 e. The largest absolute Gasteiger partial charge is 0.485 e. The molecule has 3 nitrogen and oxygen atoms in total. The van der Waals surface area contributed by atoms with E-state index in [9.17, 15) is 4.79 Å². The normalized spacial score (nSPS) is 12.3. The van der Waals surface area contributed by atoms with Crippen molar-refractivity contribution in [1.82, 2.24) is 0 Å². The Hall–Kier alpha value is -2.55. The molecule has 3 heteroatoms. The molecule has 0 heterocycles. The van der Waals surface area contributed by atoms with E-state index in [4.69, 9.17) is 9.84 Å². The van der Waals surface area contributed by atoms with E-state index in [1.165, 1.54) is 0 Å². The zero-order chi connectivity index (χ0) is 15.2. The van der Waals surface area contributed by atoms with Crippen LogP contribution in [0.5, 0.6) is 5.75 Å². The van der Waals surface area contributed by atoms with Crippen LogP contribution in [-0.2, 0) is 4.79 Å². The molecule has 108 valence electrons. The van der Waals surface area contributed by atoms with Gasteiger partial charge in [0.1, 0.15) is 11.9 Å². The molecule has 21 heavy (non-hydrogen) atoms. The highest BCUT2D eigenvalue weighted by Crippen LogP contribution is 2.29. The number of aryl methyl sites for hydroxylation is 1. The Morgan fingerprint density at radius 2 is 1.86 bits per heavy atom. The minimum absolute atomic E-state index is 0.107. The highest BCUT2D eigenvalue weighted by atomic mass is 16.5. The van der Waals surface area contributed by atoms with Crippen molar-refractivity contribution in [2.45, 2.75) is 20.0 Å². The molecule has 2 aromatic carbocycles. The summed E-state index contributed by atoms with van der Waals surface area (Å²) in [6, 6.07) is 15.6. The zero-order valence-corrected chi connectivity index (χ0v) is 12.1. The quantitative estimate of drug-likeness (QED) is 0.835. The molecule has 2 rings (SSSR count). The van der Waals surface area contributed by atoms with Crippen molar-refractivity contribution in [2.24, 2.45) is 0 Å². The van der Waals surface area contributed by atoms with E-state index < -0.39 is 5.97 Å². The van der Waals surface area contributed by atoms with Gasteiger partial charge in [0.15, 0.2) is 0 Å². The van der Waals surface area contributed by atoms with Crippen LogP contribution < -0.4 is 4.74 Å². The van der Waals surface area contributed by atoms with Gasteiger partial charge in [-0.25, -0.2) is 4.79 Å². The Morgan fingerprint density at radius 1 is 1.14 bits per heavy atom. The molecule has 0 saturated heterocycles. The van der Waals surface area contributed by atoms with E-state index in [0.717, 1.165) is 22.8 Å². The smallest absolute Gasteiger partial charge is 0.328 e. The van der Waals surface area contributed by atoms with E-state index in [-0.39, 0.29) is 6.10 Å². The summed E-state index contributed by atoms with van der Waals surface area (Å²) in [4.78, 5) is 10.7. The Balaban J connectivity index is 2.29. The van der Waals surface area contributed by atoms with Crippen molar-refractivity contribution < 1.29 is 14.6 Å². The summed E-state index contributed by atoms with van der Waals surface area (Å²) in [5, 5.41) is 8.77. The van der Waals surface area contributed by atoms with E-state index >= 15 is 0 Å². The van der Waals surface area contributed by atoms with Gasteiger partial charge in [-0.3, -0.25) is 0 Å². The van der Waals surface area contributed by atoms with Gasteiger partial charge in [0.05, 0.1) is 0 Å². The van der Waals surface area contributed by atoms with Gasteiger partial charge in [0.2, 0.25) is 0 Å². The van der Waals surface area contributed by atoms with Gasteiger partial charge in [0.25, 0.3) is 0 Å². The molecule has 1 unspecified atom stereocenters. The number of para-hydroxylation sites is 1. The number of ether oxygens (including phenoxy) is 1. The third-order valence-corrected chi connectivity index (χ3v) is 3.21. The number of aliphatic carboxylic acids is 1. The molecule has 0 bridgehead atoms. The summed E-state index contributed by atoms with van der Waals surface area (Å²) < 4.78 is 6.05. The van der Waals surface area contributed by atoms with E-state index in [1.54, 1.807) is 6.08 Å². The monoisotopic (exact) mass is 282 g/mol. The van der Waals surface area contributed by atoms with Gasteiger partial charge >= 0.3 is 5.97 Å². The van der Waals surface area contributed by atoms with Crippen molar-refractivity contribution in [2.75, 3.05) is 0 Å².